The van der Waals surface area contributed by atoms with Gasteiger partial charge in [0.2, 0.25) is 0 Å². The van der Waals surface area contributed by atoms with Gasteiger partial charge >= 0.3 is 0 Å². The van der Waals surface area contributed by atoms with Crippen molar-refractivity contribution in [2.45, 2.75) is 13.3 Å². The smallest absolute Gasteiger partial charge is 0.276 e. The van der Waals surface area contributed by atoms with Crippen LogP contribution < -0.4 is 15.6 Å². The molecule has 0 unspecified atom stereocenters. The Bertz CT molecular complexity index is 836. The largest absolute Gasteiger partial charge is 0.482 e. The summed E-state index contributed by atoms with van der Waals surface area (Å²) in [6.45, 7) is 1.75. The third-order valence-corrected chi connectivity index (χ3v) is 3.51. The minimum absolute atomic E-state index is 0.312. The van der Waals surface area contributed by atoms with Gasteiger partial charge in [0, 0.05) is 6.08 Å². The number of carbonyl (C=O) groups excluding carboxylic acids is 2. The summed E-state index contributed by atoms with van der Waals surface area (Å²) in [4.78, 5) is 23.4. The average molecular weight is 349 g/mol. The molecule has 2 aromatic rings. The van der Waals surface area contributed by atoms with E-state index >= 15 is 0 Å². The van der Waals surface area contributed by atoms with Gasteiger partial charge < -0.3 is 4.74 Å². The van der Waals surface area contributed by atoms with Gasteiger partial charge in [0.05, 0.1) is 5.56 Å². The summed E-state index contributed by atoms with van der Waals surface area (Å²) in [7, 11) is 0. The number of amides is 2. The van der Waals surface area contributed by atoms with Gasteiger partial charge in [0.25, 0.3) is 11.8 Å². The van der Waals surface area contributed by atoms with Crippen molar-refractivity contribution in [3.63, 3.8) is 0 Å². The molecule has 2 aromatic carbocycles. The van der Waals surface area contributed by atoms with Crippen LogP contribution in [0.15, 0.2) is 54.6 Å². The first-order valence-corrected chi connectivity index (χ1v) is 8.10. The molecule has 0 atom stereocenters. The molecule has 0 saturated carbocycles. The fourth-order valence-electron chi connectivity index (χ4n) is 2.07. The molecule has 0 aliphatic heterocycles. The van der Waals surface area contributed by atoms with Crippen LogP contribution in [0.25, 0.3) is 6.08 Å². The standard InChI is InChI=1S/C20H19N3O3/c1-2-15-7-9-16(10-8-15)11-12-19(24)22-23-20(25)14-26-18-6-4-3-5-17(18)13-21/h3-12H,2,14H2,1H3,(H,22,24)(H,23,25)/b12-11+. The second-order valence-electron chi connectivity index (χ2n) is 5.36. The number of carbonyl (C=O) groups is 2. The van der Waals surface area contributed by atoms with Crippen LogP contribution in [0.3, 0.4) is 0 Å². The number of para-hydroxylation sites is 1. The Morgan fingerprint density at radius 3 is 2.54 bits per heavy atom. The number of aryl methyl sites for hydroxylation is 1. The van der Waals surface area contributed by atoms with Crippen molar-refractivity contribution >= 4 is 17.9 Å². The Labute approximate surface area is 152 Å². The molecule has 2 N–H and O–H groups in total. The molecule has 0 spiro atoms. The number of hydrogen-bond donors (Lipinski definition) is 2. The molecule has 0 fully saturated rings. The molecule has 0 aliphatic rings. The van der Waals surface area contributed by atoms with E-state index in [2.05, 4.69) is 17.8 Å². The molecule has 2 amide bonds. The van der Waals surface area contributed by atoms with Gasteiger partial charge in [0.1, 0.15) is 11.8 Å². The van der Waals surface area contributed by atoms with Crippen LogP contribution in [0.2, 0.25) is 0 Å². The Hall–Kier alpha value is -3.59. The summed E-state index contributed by atoms with van der Waals surface area (Å²) in [5.41, 5.74) is 6.96. The van der Waals surface area contributed by atoms with Crippen molar-refractivity contribution in [3.05, 3.63) is 71.3 Å². The van der Waals surface area contributed by atoms with Crippen molar-refractivity contribution in [1.29, 1.82) is 5.26 Å². The molecule has 0 aromatic heterocycles. The minimum Gasteiger partial charge on any atom is -0.482 e. The number of nitriles is 1. The predicted octanol–water partition coefficient (Wildman–Crippen LogP) is 2.36. The highest BCUT2D eigenvalue weighted by molar-refractivity contribution is 5.93. The van der Waals surface area contributed by atoms with E-state index in [9.17, 15) is 9.59 Å². The lowest BCUT2D eigenvalue weighted by molar-refractivity contribution is -0.128. The zero-order chi connectivity index (χ0) is 18.8. The minimum atomic E-state index is -0.535. The topological polar surface area (TPSA) is 91.2 Å². The number of rotatable bonds is 6. The van der Waals surface area contributed by atoms with Gasteiger partial charge in [-0.2, -0.15) is 5.26 Å². The molecule has 0 radical (unpaired) electrons. The van der Waals surface area contributed by atoms with Crippen LogP contribution in [-0.4, -0.2) is 18.4 Å². The fraction of sp³-hybridized carbons (Fsp3) is 0.150. The van der Waals surface area contributed by atoms with Crippen molar-refractivity contribution in [2.24, 2.45) is 0 Å². The van der Waals surface area contributed by atoms with Crippen LogP contribution in [0.1, 0.15) is 23.6 Å². The van der Waals surface area contributed by atoms with Crippen molar-refractivity contribution in [2.75, 3.05) is 6.61 Å². The van der Waals surface area contributed by atoms with E-state index in [0.717, 1.165) is 12.0 Å². The van der Waals surface area contributed by atoms with Gasteiger partial charge in [0.15, 0.2) is 6.61 Å². The predicted molar refractivity (Wildman–Crippen MR) is 97.8 cm³/mol. The van der Waals surface area contributed by atoms with E-state index in [0.29, 0.717) is 11.3 Å². The lowest BCUT2D eigenvalue weighted by atomic mass is 10.1. The highest BCUT2D eigenvalue weighted by atomic mass is 16.5. The summed E-state index contributed by atoms with van der Waals surface area (Å²) in [6.07, 6.45) is 3.94. The van der Waals surface area contributed by atoms with Gasteiger partial charge in [-0.05, 0) is 35.8 Å². The SMILES string of the molecule is CCc1ccc(/C=C/C(=O)NNC(=O)COc2ccccc2C#N)cc1. The van der Waals surface area contributed by atoms with Crippen LogP contribution in [0.5, 0.6) is 5.75 Å². The number of hydrogen-bond acceptors (Lipinski definition) is 4. The zero-order valence-electron chi connectivity index (χ0n) is 14.4. The Balaban J connectivity index is 1.76. The normalized spacial score (nSPS) is 10.2. The van der Waals surface area contributed by atoms with E-state index in [1.807, 2.05) is 30.3 Å². The maximum Gasteiger partial charge on any atom is 0.276 e. The summed E-state index contributed by atoms with van der Waals surface area (Å²) < 4.78 is 5.27. The van der Waals surface area contributed by atoms with Gasteiger partial charge in [-0.3, -0.25) is 20.4 Å². The third kappa shape index (κ3) is 5.80. The number of nitrogens with one attached hydrogen (secondary N) is 2. The number of nitrogens with zero attached hydrogens (tertiary/aromatic N) is 1. The molecule has 0 heterocycles. The zero-order valence-corrected chi connectivity index (χ0v) is 14.4. The van der Waals surface area contributed by atoms with Crippen LogP contribution in [0.4, 0.5) is 0 Å². The summed E-state index contributed by atoms with van der Waals surface area (Å²) in [6, 6.07) is 16.4. The lowest BCUT2D eigenvalue weighted by Gasteiger charge is -2.08. The first-order chi connectivity index (χ1) is 12.6. The monoisotopic (exact) mass is 349 g/mol. The summed E-state index contributed by atoms with van der Waals surface area (Å²) >= 11 is 0. The fourth-order valence-corrected chi connectivity index (χ4v) is 2.07. The van der Waals surface area contributed by atoms with Crippen LogP contribution in [0, 0.1) is 11.3 Å². The quantitative estimate of drug-likeness (QED) is 0.619. The maximum absolute atomic E-state index is 11.7. The average Bonchev–Trinajstić information content (AvgIpc) is 2.69. The highest BCUT2D eigenvalue weighted by Crippen LogP contribution is 2.16. The molecule has 2 rings (SSSR count). The molecular weight excluding hydrogens is 330 g/mol. The summed E-state index contributed by atoms with van der Waals surface area (Å²) in [5.74, 6) is -0.686. The number of benzene rings is 2. The van der Waals surface area contributed by atoms with Crippen molar-refractivity contribution < 1.29 is 14.3 Å². The summed E-state index contributed by atoms with van der Waals surface area (Å²) in [5, 5.41) is 8.95. The molecule has 0 aliphatic carbocycles. The Morgan fingerprint density at radius 2 is 1.85 bits per heavy atom. The number of ether oxygens (including phenoxy) is 1. The van der Waals surface area contributed by atoms with Crippen molar-refractivity contribution in [1.82, 2.24) is 10.9 Å². The first-order valence-electron chi connectivity index (χ1n) is 8.10. The highest BCUT2D eigenvalue weighted by Gasteiger charge is 2.06. The van der Waals surface area contributed by atoms with Crippen LogP contribution in [-0.2, 0) is 16.0 Å². The molecule has 26 heavy (non-hydrogen) atoms. The third-order valence-electron chi connectivity index (χ3n) is 3.51. The molecule has 0 saturated heterocycles. The van der Waals surface area contributed by atoms with E-state index in [1.165, 1.54) is 11.6 Å². The van der Waals surface area contributed by atoms with Crippen molar-refractivity contribution in [3.8, 4) is 11.8 Å². The van der Waals surface area contributed by atoms with E-state index in [1.54, 1.807) is 30.3 Å². The van der Waals surface area contributed by atoms with Crippen LogP contribution >= 0.6 is 0 Å². The molecule has 132 valence electrons. The van der Waals surface area contributed by atoms with Gasteiger partial charge in [-0.25, -0.2) is 0 Å². The van der Waals surface area contributed by atoms with Gasteiger partial charge in [-0.1, -0.05) is 43.3 Å². The lowest BCUT2D eigenvalue weighted by Crippen LogP contribution is -2.43. The number of hydrazine groups is 1. The van der Waals surface area contributed by atoms with E-state index < -0.39 is 11.8 Å². The van der Waals surface area contributed by atoms with E-state index in [-0.39, 0.29) is 6.61 Å². The Morgan fingerprint density at radius 1 is 1.12 bits per heavy atom. The second-order valence-corrected chi connectivity index (χ2v) is 5.36. The second kappa shape index (κ2) is 9.64. The van der Waals surface area contributed by atoms with E-state index in [4.69, 9.17) is 10.00 Å². The molecular formula is C20H19N3O3. The molecule has 6 heteroatoms. The first kappa shape index (κ1) is 18.7. The molecule has 0 bridgehead atoms. The Kier molecular flexibility index (Phi) is 6.95. The molecule has 6 nitrogen and oxygen atoms in total. The maximum atomic E-state index is 11.7. The van der Waals surface area contributed by atoms with Gasteiger partial charge in [-0.15, -0.1) is 0 Å².